The molecule has 2 rings (SSSR count). The van der Waals surface area contributed by atoms with Gasteiger partial charge in [-0.1, -0.05) is 6.07 Å². The second-order valence-corrected chi connectivity index (χ2v) is 3.18. The van der Waals surface area contributed by atoms with E-state index in [4.69, 9.17) is 4.74 Å². The first-order valence-electron chi connectivity index (χ1n) is 4.47. The molecule has 1 amide bonds. The summed E-state index contributed by atoms with van der Waals surface area (Å²) < 4.78 is 23.1. The van der Waals surface area contributed by atoms with Crippen molar-refractivity contribution in [2.75, 3.05) is 13.7 Å². The van der Waals surface area contributed by atoms with E-state index in [2.05, 4.69) is 10.1 Å². The topological polar surface area (TPSA) is 47.6 Å². The highest BCUT2D eigenvalue weighted by molar-refractivity contribution is 5.85. The first kappa shape index (κ1) is 12.6. The number of hydrogen-bond donors (Lipinski definition) is 1. The Balaban J connectivity index is 0.00000128. The number of hydrogen-bond acceptors (Lipinski definition) is 3. The molecule has 1 aliphatic heterocycles. The average Bonchev–Trinajstić information content (AvgIpc) is 2.64. The van der Waals surface area contributed by atoms with Gasteiger partial charge < -0.3 is 14.8 Å². The molecular weight excluding hydrogens is 237 g/mol. The van der Waals surface area contributed by atoms with Crippen LogP contribution < -0.4 is 10.1 Å². The van der Waals surface area contributed by atoms with Gasteiger partial charge in [-0.2, -0.15) is 0 Å². The molecule has 0 aromatic heterocycles. The van der Waals surface area contributed by atoms with E-state index in [1.54, 1.807) is 12.1 Å². The van der Waals surface area contributed by atoms with Gasteiger partial charge in [0.15, 0.2) is 0 Å². The fourth-order valence-electron chi connectivity index (χ4n) is 1.47. The number of methoxy groups -OCH3 is 1. The van der Waals surface area contributed by atoms with Gasteiger partial charge in [0.1, 0.15) is 18.2 Å². The number of amides is 1. The van der Waals surface area contributed by atoms with Crippen LogP contribution >= 0.6 is 12.4 Å². The van der Waals surface area contributed by atoms with Crippen LogP contribution in [-0.4, -0.2) is 19.8 Å². The molecule has 1 aromatic carbocycles. The van der Waals surface area contributed by atoms with Crippen molar-refractivity contribution in [2.24, 2.45) is 0 Å². The molecule has 1 aromatic rings. The molecule has 1 N–H and O–H groups in total. The van der Waals surface area contributed by atoms with E-state index in [1.807, 2.05) is 0 Å². The lowest BCUT2D eigenvalue weighted by Gasteiger charge is -2.09. The minimum atomic E-state index is -0.518. The van der Waals surface area contributed by atoms with Crippen molar-refractivity contribution < 1.29 is 18.7 Å². The molecule has 1 atom stereocenters. The zero-order valence-corrected chi connectivity index (χ0v) is 9.34. The number of nitrogens with one attached hydrogen (secondary N) is 1. The summed E-state index contributed by atoms with van der Waals surface area (Å²) in [6.45, 7) is 0.155. The molecule has 1 saturated heterocycles. The molecule has 16 heavy (non-hydrogen) atoms. The van der Waals surface area contributed by atoms with Gasteiger partial charge in [-0.25, -0.2) is 9.18 Å². The Kier molecular flexibility index (Phi) is 3.95. The molecule has 0 unspecified atom stereocenters. The zero-order chi connectivity index (χ0) is 10.8. The molecule has 0 saturated carbocycles. The maximum atomic E-state index is 13.5. The first-order chi connectivity index (χ1) is 7.20. The summed E-state index contributed by atoms with van der Waals surface area (Å²) in [7, 11) is 1.47. The Bertz CT molecular complexity index is 400. The second-order valence-electron chi connectivity index (χ2n) is 3.18. The predicted octanol–water partition coefficient (Wildman–Crippen LogP) is 2.04. The summed E-state index contributed by atoms with van der Waals surface area (Å²) in [6.07, 6.45) is -0.518. The lowest BCUT2D eigenvalue weighted by Crippen LogP contribution is -2.19. The van der Waals surface area contributed by atoms with Gasteiger partial charge >= 0.3 is 6.09 Å². The number of rotatable bonds is 2. The molecule has 1 heterocycles. The van der Waals surface area contributed by atoms with E-state index in [0.717, 1.165) is 0 Å². The minimum Gasteiger partial charge on any atom is -0.497 e. The van der Waals surface area contributed by atoms with Crippen molar-refractivity contribution in [3.8, 4) is 5.75 Å². The van der Waals surface area contributed by atoms with Gasteiger partial charge in [0, 0.05) is 11.6 Å². The Morgan fingerprint density at radius 3 is 2.81 bits per heavy atom. The van der Waals surface area contributed by atoms with Crippen molar-refractivity contribution in [3.63, 3.8) is 0 Å². The van der Waals surface area contributed by atoms with E-state index < -0.39 is 18.0 Å². The number of carbonyl (C=O) groups excluding carboxylic acids is 1. The fraction of sp³-hybridized carbons (Fsp3) is 0.300. The third-order valence-electron chi connectivity index (χ3n) is 2.26. The van der Waals surface area contributed by atoms with Gasteiger partial charge in [-0.3, -0.25) is 0 Å². The predicted molar refractivity (Wildman–Crippen MR) is 57.4 cm³/mol. The third kappa shape index (κ3) is 2.36. The van der Waals surface area contributed by atoms with Crippen molar-refractivity contribution in [1.82, 2.24) is 5.32 Å². The SMILES string of the molecule is COc1ccc([C@H]2COC(=O)N2)c(F)c1.Cl. The number of carbonyl (C=O) groups is 1. The van der Waals surface area contributed by atoms with Crippen molar-refractivity contribution in [1.29, 1.82) is 0 Å². The standard InChI is InChI=1S/C10H10FNO3.ClH/c1-14-6-2-3-7(8(11)4-6)9-5-15-10(13)12-9;/h2-4,9H,5H2,1H3,(H,12,13);1H/t9-;/m1./s1. The van der Waals surface area contributed by atoms with Crippen LogP contribution in [0, 0.1) is 5.82 Å². The Hall–Kier alpha value is -1.49. The molecule has 0 radical (unpaired) electrons. The van der Waals surface area contributed by atoms with E-state index in [1.165, 1.54) is 13.2 Å². The molecule has 6 heteroatoms. The summed E-state index contributed by atoms with van der Waals surface area (Å²) in [6, 6.07) is 4.08. The summed E-state index contributed by atoms with van der Waals surface area (Å²) in [5.41, 5.74) is 0.404. The molecule has 0 bridgehead atoms. The Morgan fingerprint density at radius 1 is 1.56 bits per heavy atom. The zero-order valence-electron chi connectivity index (χ0n) is 8.53. The van der Waals surface area contributed by atoms with E-state index in [-0.39, 0.29) is 19.0 Å². The summed E-state index contributed by atoms with van der Waals surface area (Å²) in [5, 5.41) is 2.51. The van der Waals surface area contributed by atoms with Gasteiger partial charge in [0.25, 0.3) is 0 Å². The van der Waals surface area contributed by atoms with Crippen molar-refractivity contribution in [2.45, 2.75) is 6.04 Å². The highest BCUT2D eigenvalue weighted by Crippen LogP contribution is 2.24. The molecule has 88 valence electrons. The van der Waals surface area contributed by atoms with Crippen LogP contribution in [0.3, 0.4) is 0 Å². The van der Waals surface area contributed by atoms with Crippen molar-refractivity contribution in [3.05, 3.63) is 29.6 Å². The quantitative estimate of drug-likeness (QED) is 0.870. The van der Waals surface area contributed by atoms with Gasteiger partial charge in [0.05, 0.1) is 13.2 Å². The fourth-order valence-corrected chi connectivity index (χ4v) is 1.47. The molecule has 0 aliphatic carbocycles. The van der Waals surface area contributed by atoms with Crippen LogP contribution in [0.1, 0.15) is 11.6 Å². The van der Waals surface area contributed by atoms with Gasteiger partial charge in [0.2, 0.25) is 0 Å². The number of alkyl carbamates (subject to hydrolysis) is 1. The largest absolute Gasteiger partial charge is 0.497 e. The van der Waals surface area contributed by atoms with E-state index in [9.17, 15) is 9.18 Å². The monoisotopic (exact) mass is 247 g/mol. The van der Waals surface area contributed by atoms with Crippen molar-refractivity contribution >= 4 is 18.5 Å². The minimum absolute atomic E-state index is 0. The number of halogens is 2. The molecule has 4 nitrogen and oxygen atoms in total. The van der Waals surface area contributed by atoms with Gasteiger partial charge in [-0.15, -0.1) is 12.4 Å². The third-order valence-corrected chi connectivity index (χ3v) is 2.26. The highest BCUT2D eigenvalue weighted by atomic mass is 35.5. The highest BCUT2D eigenvalue weighted by Gasteiger charge is 2.26. The molecular formula is C10H11ClFNO3. The lowest BCUT2D eigenvalue weighted by atomic mass is 10.1. The van der Waals surface area contributed by atoms with E-state index >= 15 is 0 Å². The Labute approximate surface area is 98.1 Å². The summed E-state index contributed by atoms with van der Waals surface area (Å²) in [4.78, 5) is 10.8. The van der Waals surface area contributed by atoms with Crippen LogP contribution in [-0.2, 0) is 4.74 Å². The maximum Gasteiger partial charge on any atom is 0.407 e. The normalized spacial score (nSPS) is 18.4. The number of ether oxygens (including phenoxy) is 2. The lowest BCUT2D eigenvalue weighted by molar-refractivity contribution is 0.176. The molecule has 1 aliphatic rings. The van der Waals surface area contributed by atoms with Crippen LogP contribution in [0.25, 0.3) is 0 Å². The van der Waals surface area contributed by atoms with Crippen LogP contribution in [0.5, 0.6) is 5.75 Å². The first-order valence-corrected chi connectivity index (χ1v) is 4.47. The van der Waals surface area contributed by atoms with Crippen LogP contribution in [0.15, 0.2) is 18.2 Å². The summed E-state index contributed by atoms with van der Waals surface area (Å²) in [5.74, 6) is 0.0339. The molecule has 0 spiro atoms. The number of benzene rings is 1. The maximum absolute atomic E-state index is 13.5. The van der Waals surface area contributed by atoms with E-state index in [0.29, 0.717) is 11.3 Å². The smallest absolute Gasteiger partial charge is 0.407 e. The van der Waals surface area contributed by atoms with Gasteiger partial charge in [-0.05, 0) is 6.07 Å². The average molecular weight is 248 g/mol. The summed E-state index contributed by atoms with van der Waals surface area (Å²) >= 11 is 0. The molecule has 1 fully saturated rings. The second kappa shape index (κ2) is 5.03. The Morgan fingerprint density at radius 2 is 2.31 bits per heavy atom. The van der Waals surface area contributed by atoms with Crippen LogP contribution in [0.2, 0.25) is 0 Å². The number of cyclic esters (lactones) is 1. The van der Waals surface area contributed by atoms with Crippen LogP contribution in [0.4, 0.5) is 9.18 Å².